The van der Waals surface area contributed by atoms with E-state index in [9.17, 15) is 9.90 Å². The Labute approximate surface area is 187 Å². The van der Waals surface area contributed by atoms with Crippen molar-refractivity contribution in [3.8, 4) is 0 Å². The van der Waals surface area contributed by atoms with E-state index >= 15 is 0 Å². The number of rotatable bonds is 7. The number of thiophene rings is 1. The summed E-state index contributed by atoms with van der Waals surface area (Å²) in [7, 11) is 0. The van der Waals surface area contributed by atoms with E-state index in [4.69, 9.17) is 4.74 Å². The Balaban J connectivity index is 1.34. The molecule has 2 unspecified atom stereocenters. The van der Waals surface area contributed by atoms with E-state index in [1.165, 1.54) is 15.3 Å². The minimum Gasteiger partial charge on any atom is -0.392 e. The van der Waals surface area contributed by atoms with Gasteiger partial charge in [-0.15, -0.1) is 16.4 Å². The molecule has 4 heterocycles. The number of hydrogen-bond donors (Lipinski definition) is 2. The Hall–Kier alpha value is -1.81. The molecule has 0 saturated carbocycles. The number of carbonyl (C=O) groups is 1. The standard InChI is InChI=1S/C22H33N5O3S/c1-4-18-11-19-20(31-18)5-10-30-22(19)6-8-26(9-7-22)13-17-14-27(25-24-17)16(3)21(29)23-12-15(2)28/h11,14-16,28H,4-10,12-13H2,1-3H3,(H,23,29). The number of hydrogen-bond acceptors (Lipinski definition) is 7. The van der Waals surface area contributed by atoms with Gasteiger partial charge < -0.3 is 15.2 Å². The van der Waals surface area contributed by atoms with Crippen LogP contribution in [0, 0.1) is 0 Å². The molecule has 2 atom stereocenters. The second-order valence-electron chi connectivity index (χ2n) is 8.73. The Morgan fingerprint density at radius 2 is 2.16 bits per heavy atom. The van der Waals surface area contributed by atoms with Gasteiger partial charge in [-0.2, -0.15) is 0 Å². The van der Waals surface area contributed by atoms with Crippen LogP contribution in [0.4, 0.5) is 0 Å². The Bertz CT molecular complexity index is 901. The highest BCUT2D eigenvalue weighted by molar-refractivity contribution is 7.12. The summed E-state index contributed by atoms with van der Waals surface area (Å²) >= 11 is 1.96. The van der Waals surface area contributed by atoms with Crippen LogP contribution in [-0.4, -0.2) is 63.3 Å². The predicted molar refractivity (Wildman–Crippen MR) is 119 cm³/mol. The molecular weight excluding hydrogens is 414 g/mol. The van der Waals surface area contributed by atoms with Crippen molar-refractivity contribution in [2.24, 2.45) is 0 Å². The predicted octanol–water partition coefficient (Wildman–Crippen LogP) is 2.02. The van der Waals surface area contributed by atoms with Crippen LogP contribution >= 0.6 is 11.3 Å². The third-order valence-corrected chi connectivity index (χ3v) is 7.70. The number of piperidine rings is 1. The number of ether oxygens (including phenoxy) is 1. The van der Waals surface area contributed by atoms with Crippen molar-refractivity contribution in [1.29, 1.82) is 0 Å². The first-order chi connectivity index (χ1) is 14.9. The fourth-order valence-corrected chi connectivity index (χ4v) is 5.63. The molecule has 8 nitrogen and oxygen atoms in total. The zero-order valence-corrected chi connectivity index (χ0v) is 19.5. The van der Waals surface area contributed by atoms with Gasteiger partial charge in [0.05, 0.1) is 30.2 Å². The summed E-state index contributed by atoms with van der Waals surface area (Å²) in [5, 5.41) is 20.5. The molecule has 4 rings (SSSR count). The van der Waals surface area contributed by atoms with Gasteiger partial charge in [0.25, 0.3) is 0 Å². The van der Waals surface area contributed by atoms with E-state index < -0.39 is 12.1 Å². The summed E-state index contributed by atoms with van der Waals surface area (Å²) in [5.41, 5.74) is 2.17. The first kappa shape index (κ1) is 22.4. The number of aliphatic hydroxyl groups excluding tert-OH is 1. The van der Waals surface area contributed by atoms with Gasteiger partial charge in [-0.1, -0.05) is 12.1 Å². The number of aliphatic hydroxyl groups is 1. The molecule has 2 aliphatic heterocycles. The van der Waals surface area contributed by atoms with Crippen LogP contribution in [0.25, 0.3) is 0 Å². The molecule has 0 aliphatic carbocycles. The molecule has 0 aromatic carbocycles. The molecule has 0 bridgehead atoms. The van der Waals surface area contributed by atoms with Crippen LogP contribution in [-0.2, 0) is 34.5 Å². The maximum absolute atomic E-state index is 12.2. The van der Waals surface area contributed by atoms with Gasteiger partial charge in [0, 0.05) is 42.4 Å². The van der Waals surface area contributed by atoms with Gasteiger partial charge in [0.2, 0.25) is 5.91 Å². The van der Waals surface area contributed by atoms with E-state index in [2.05, 4.69) is 33.5 Å². The number of nitrogens with one attached hydrogen (secondary N) is 1. The largest absolute Gasteiger partial charge is 0.392 e. The summed E-state index contributed by atoms with van der Waals surface area (Å²) < 4.78 is 7.97. The summed E-state index contributed by atoms with van der Waals surface area (Å²) in [6, 6.07) is 1.91. The minimum absolute atomic E-state index is 0.123. The molecule has 170 valence electrons. The molecular formula is C22H33N5O3S. The molecule has 0 radical (unpaired) electrons. The number of fused-ring (bicyclic) bond motifs is 2. The lowest BCUT2D eigenvalue weighted by molar-refractivity contribution is -0.124. The van der Waals surface area contributed by atoms with Gasteiger partial charge in [0.1, 0.15) is 6.04 Å². The van der Waals surface area contributed by atoms with Crippen molar-refractivity contribution in [3.05, 3.63) is 33.3 Å². The Morgan fingerprint density at radius 1 is 1.39 bits per heavy atom. The van der Waals surface area contributed by atoms with Crippen molar-refractivity contribution in [1.82, 2.24) is 25.2 Å². The normalized spacial score (nSPS) is 20.4. The number of nitrogens with zero attached hydrogens (tertiary/aromatic N) is 4. The van der Waals surface area contributed by atoms with Crippen molar-refractivity contribution in [2.45, 2.75) is 70.7 Å². The van der Waals surface area contributed by atoms with Crippen LogP contribution in [0.15, 0.2) is 12.3 Å². The number of aromatic nitrogens is 3. The van der Waals surface area contributed by atoms with Gasteiger partial charge in [-0.25, -0.2) is 4.68 Å². The second kappa shape index (κ2) is 9.36. The highest BCUT2D eigenvalue weighted by Crippen LogP contribution is 2.44. The molecule has 1 spiro atoms. The smallest absolute Gasteiger partial charge is 0.244 e. The maximum atomic E-state index is 12.2. The van der Waals surface area contributed by atoms with Crippen molar-refractivity contribution >= 4 is 17.2 Å². The molecule has 9 heteroatoms. The SMILES string of the molecule is CCc1cc2c(s1)CCOC21CCN(Cc2cn(C(C)C(=O)NCC(C)O)nn2)CC1. The molecule has 1 saturated heterocycles. The lowest BCUT2D eigenvalue weighted by Crippen LogP contribution is -2.45. The van der Waals surface area contributed by atoms with Crippen molar-refractivity contribution in [3.63, 3.8) is 0 Å². The van der Waals surface area contributed by atoms with Crippen LogP contribution in [0.1, 0.15) is 60.7 Å². The van der Waals surface area contributed by atoms with E-state index in [1.54, 1.807) is 18.5 Å². The van der Waals surface area contributed by atoms with Crippen molar-refractivity contribution in [2.75, 3.05) is 26.2 Å². The molecule has 1 amide bonds. The monoisotopic (exact) mass is 447 g/mol. The quantitative estimate of drug-likeness (QED) is 0.675. The van der Waals surface area contributed by atoms with Gasteiger partial charge in [-0.05, 0) is 44.7 Å². The van der Waals surface area contributed by atoms with Gasteiger partial charge >= 0.3 is 0 Å². The third-order valence-electron chi connectivity index (χ3n) is 6.36. The average Bonchev–Trinajstić information content (AvgIpc) is 3.41. The Morgan fingerprint density at radius 3 is 2.87 bits per heavy atom. The zero-order chi connectivity index (χ0) is 22.0. The Kier molecular flexibility index (Phi) is 6.76. The van der Waals surface area contributed by atoms with Crippen LogP contribution in [0.2, 0.25) is 0 Å². The fourth-order valence-electron chi connectivity index (χ4n) is 4.45. The van der Waals surface area contributed by atoms with Crippen LogP contribution < -0.4 is 5.32 Å². The minimum atomic E-state index is -0.572. The molecule has 2 N–H and O–H groups in total. The maximum Gasteiger partial charge on any atom is 0.244 e. The van der Waals surface area contributed by atoms with Crippen LogP contribution in [0.5, 0.6) is 0 Å². The van der Waals surface area contributed by atoms with E-state index in [0.29, 0.717) is 0 Å². The highest BCUT2D eigenvalue weighted by atomic mass is 32.1. The van der Waals surface area contributed by atoms with Crippen molar-refractivity contribution < 1.29 is 14.6 Å². The highest BCUT2D eigenvalue weighted by Gasteiger charge is 2.41. The van der Waals surface area contributed by atoms with E-state index in [-0.39, 0.29) is 18.1 Å². The first-order valence-electron chi connectivity index (χ1n) is 11.2. The van der Waals surface area contributed by atoms with E-state index in [0.717, 1.165) is 57.6 Å². The average molecular weight is 448 g/mol. The zero-order valence-electron chi connectivity index (χ0n) is 18.6. The molecule has 2 aromatic rings. The van der Waals surface area contributed by atoms with E-state index in [1.807, 2.05) is 17.5 Å². The third kappa shape index (κ3) is 4.84. The summed E-state index contributed by atoms with van der Waals surface area (Å²) in [4.78, 5) is 17.6. The number of amides is 1. The first-order valence-corrected chi connectivity index (χ1v) is 12.1. The molecule has 2 aliphatic rings. The van der Waals surface area contributed by atoms with Gasteiger partial charge in [-0.3, -0.25) is 9.69 Å². The summed E-state index contributed by atoms with van der Waals surface area (Å²) in [6.45, 7) is 9.31. The summed E-state index contributed by atoms with van der Waals surface area (Å²) in [6.07, 6.45) is 5.39. The molecule has 1 fully saturated rings. The number of likely N-dealkylation sites (tertiary alicyclic amines) is 1. The number of aryl methyl sites for hydroxylation is 1. The lowest BCUT2D eigenvalue weighted by Gasteiger charge is -2.44. The topological polar surface area (TPSA) is 92.5 Å². The summed E-state index contributed by atoms with van der Waals surface area (Å²) in [5.74, 6) is -0.176. The second-order valence-corrected chi connectivity index (χ2v) is 9.95. The van der Waals surface area contributed by atoms with Gasteiger partial charge in [0.15, 0.2) is 0 Å². The van der Waals surface area contributed by atoms with Crippen LogP contribution in [0.3, 0.4) is 0 Å². The fraction of sp³-hybridized carbons (Fsp3) is 0.682. The molecule has 31 heavy (non-hydrogen) atoms. The molecule has 2 aromatic heterocycles. The number of carbonyl (C=O) groups excluding carboxylic acids is 1. The lowest BCUT2D eigenvalue weighted by atomic mass is 9.82.